The van der Waals surface area contributed by atoms with Crippen molar-refractivity contribution in [1.29, 1.82) is 0 Å². The first-order chi connectivity index (χ1) is 14.9. The molecule has 3 aromatic rings. The lowest BCUT2D eigenvalue weighted by Crippen LogP contribution is -2.49. The van der Waals surface area contributed by atoms with Gasteiger partial charge in [-0.15, -0.1) is 0 Å². The molecule has 1 N–H and O–H groups in total. The van der Waals surface area contributed by atoms with E-state index in [2.05, 4.69) is 28.2 Å². The number of benzene rings is 1. The Kier molecular flexibility index (Phi) is 5.20. The summed E-state index contributed by atoms with van der Waals surface area (Å²) in [6.45, 7) is 10.8. The molecule has 0 radical (unpaired) electrons. The molecule has 1 unspecified atom stereocenters. The lowest BCUT2D eigenvalue weighted by atomic mass is 10.0. The van der Waals surface area contributed by atoms with Gasteiger partial charge >= 0.3 is 0 Å². The van der Waals surface area contributed by atoms with Gasteiger partial charge in [0.25, 0.3) is 5.91 Å². The first kappa shape index (κ1) is 20.4. The molecule has 2 aromatic heterocycles. The zero-order valence-electron chi connectivity index (χ0n) is 18.2. The molecule has 8 heteroatoms. The van der Waals surface area contributed by atoms with Crippen molar-refractivity contribution >= 4 is 23.2 Å². The summed E-state index contributed by atoms with van der Waals surface area (Å²) in [5.74, 6) is 0.0527. The van der Waals surface area contributed by atoms with E-state index < -0.39 is 0 Å². The number of nitrogens with zero attached hydrogens (tertiary/aromatic N) is 5. The van der Waals surface area contributed by atoms with Crippen LogP contribution < -0.4 is 5.32 Å². The molecule has 31 heavy (non-hydrogen) atoms. The number of aromatic nitrogens is 3. The molecule has 5 rings (SSSR count). The number of hydrogen-bond donors (Lipinski definition) is 1. The SMILES string of the molecule is Cc1nc2c3c(nn2c(C)c1Cl)CN(C(=O)c1ccccc1CN1CCNCC1C)C3. The quantitative estimate of drug-likeness (QED) is 0.681. The van der Waals surface area contributed by atoms with Gasteiger partial charge in [0, 0.05) is 43.3 Å². The van der Waals surface area contributed by atoms with Gasteiger partial charge < -0.3 is 10.2 Å². The fourth-order valence-electron chi connectivity index (χ4n) is 4.63. The van der Waals surface area contributed by atoms with Crippen molar-refractivity contribution in [3.8, 4) is 0 Å². The van der Waals surface area contributed by atoms with E-state index in [4.69, 9.17) is 16.7 Å². The van der Waals surface area contributed by atoms with Crippen LogP contribution in [-0.4, -0.2) is 56.0 Å². The zero-order chi connectivity index (χ0) is 21.7. The van der Waals surface area contributed by atoms with Crippen LogP contribution in [0.2, 0.25) is 5.02 Å². The Balaban J connectivity index is 1.41. The maximum Gasteiger partial charge on any atom is 0.254 e. The van der Waals surface area contributed by atoms with E-state index in [0.29, 0.717) is 24.2 Å². The second-order valence-electron chi connectivity index (χ2n) is 8.60. The average molecular weight is 439 g/mol. The number of nitrogens with one attached hydrogen (secondary N) is 1. The van der Waals surface area contributed by atoms with E-state index >= 15 is 0 Å². The van der Waals surface area contributed by atoms with E-state index in [1.54, 1.807) is 0 Å². The Morgan fingerprint density at radius 1 is 1.26 bits per heavy atom. The standard InChI is InChI=1S/C23H27ClN6O/c1-14-10-25-8-9-28(14)11-17-6-4-5-7-18(17)23(31)29-12-19-20(13-29)27-30-16(3)21(24)15(2)26-22(19)30/h4-7,14,25H,8-13H2,1-3H3. The summed E-state index contributed by atoms with van der Waals surface area (Å²) in [6, 6.07) is 8.43. The summed E-state index contributed by atoms with van der Waals surface area (Å²) in [7, 11) is 0. The number of fused-ring (bicyclic) bond motifs is 3. The third kappa shape index (κ3) is 3.50. The van der Waals surface area contributed by atoms with Crippen molar-refractivity contribution in [2.45, 2.75) is 46.4 Å². The lowest BCUT2D eigenvalue weighted by molar-refractivity contribution is 0.0746. The molecular weight excluding hydrogens is 412 g/mol. The third-order valence-corrected chi connectivity index (χ3v) is 7.05. The number of amides is 1. The van der Waals surface area contributed by atoms with Crippen molar-refractivity contribution in [1.82, 2.24) is 29.7 Å². The van der Waals surface area contributed by atoms with E-state index in [1.807, 2.05) is 41.5 Å². The Morgan fingerprint density at radius 3 is 2.87 bits per heavy atom. The topological polar surface area (TPSA) is 65.8 Å². The summed E-state index contributed by atoms with van der Waals surface area (Å²) in [5, 5.41) is 8.77. The van der Waals surface area contributed by atoms with Crippen molar-refractivity contribution in [2.24, 2.45) is 0 Å². The molecule has 2 aliphatic heterocycles. The average Bonchev–Trinajstić information content (AvgIpc) is 3.33. The monoisotopic (exact) mass is 438 g/mol. The fraction of sp³-hybridized carbons (Fsp3) is 0.435. The Hall–Kier alpha value is -2.48. The number of carbonyl (C=O) groups excluding carboxylic acids is 1. The second kappa shape index (κ2) is 7.89. The van der Waals surface area contributed by atoms with Gasteiger partial charge in [0.15, 0.2) is 5.65 Å². The van der Waals surface area contributed by atoms with Crippen LogP contribution in [0.15, 0.2) is 24.3 Å². The maximum atomic E-state index is 13.5. The van der Waals surface area contributed by atoms with Crippen LogP contribution in [0.4, 0.5) is 0 Å². The summed E-state index contributed by atoms with van der Waals surface area (Å²) < 4.78 is 1.81. The second-order valence-corrected chi connectivity index (χ2v) is 8.98. The maximum absolute atomic E-state index is 13.5. The minimum atomic E-state index is 0.0527. The first-order valence-corrected chi connectivity index (χ1v) is 11.2. The molecule has 0 spiro atoms. The van der Waals surface area contributed by atoms with Crippen LogP contribution in [-0.2, 0) is 19.6 Å². The smallest absolute Gasteiger partial charge is 0.254 e. The van der Waals surface area contributed by atoms with E-state index in [1.165, 1.54) is 0 Å². The minimum Gasteiger partial charge on any atom is -0.328 e. The highest BCUT2D eigenvalue weighted by Crippen LogP contribution is 2.30. The van der Waals surface area contributed by atoms with Gasteiger partial charge in [-0.25, -0.2) is 9.50 Å². The van der Waals surface area contributed by atoms with Crippen LogP contribution in [0, 0.1) is 13.8 Å². The first-order valence-electron chi connectivity index (χ1n) is 10.8. The molecule has 1 atom stereocenters. The normalized spacial score (nSPS) is 19.2. The Bertz CT molecular complexity index is 1170. The van der Waals surface area contributed by atoms with Gasteiger partial charge in [0.1, 0.15) is 0 Å². The van der Waals surface area contributed by atoms with Gasteiger partial charge in [0.05, 0.1) is 35.2 Å². The van der Waals surface area contributed by atoms with Crippen LogP contribution in [0.1, 0.15) is 45.5 Å². The molecule has 0 saturated carbocycles. The molecule has 7 nitrogen and oxygen atoms in total. The number of hydrogen-bond acceptors (Lipinski definition) is 5. The Labute approximate surface area is 187 Å². The van der Waals surface area contributed by atoms with Crippen LogP contribution in [0.25, 0.3) is 5.65 Å². The predicted octanol–water partition coefficient (Wildman–Crippen LogP) is 2.95. The van der Waals surface area contributed by atoms with Crippen molar-refractivity contribution in [3.63, 3.8) is 0 Å². The van der Waals surface area contributed by atoms with Crippen LogP contribution >= 0.6 is 11.6 Å². The highest BCUT2D eigenvalue weighted by molar-refractivity contribution is 6.31. The highest BCUT2D eigenvalue weighted by Gasteiger charge is 2.31. The highest BCUT2D eigenvalue weighted by atomic mass is 35.5. The van der Waals surface area contributed by atoms with Gasteiger partial charge in [-0.1, -0.05) is 29.8 Å². The summed E-state index contributed by atoms with van der Waals surface area (Å²) >= 11 is 6.35. The molecule has 1 fully saturated rings. The number of rotatable bonds is 3. The molecule has 0 aliphatic carbocycles. The number of halogens is 1. The molecule has 1 saturated heterocycles. The number of piperazine rings is 1. The van der Waals surface area contributed by atoms with Crippen LogP contribution in [0.5, 0.6) is 0 Å². The van der Waals surface area contributed by atoms with Crippen molar-refractivity contribution in [3.05, 3.63) is 63.1 Å². The molecule has 1 amide bonds. The van der Waals surface area contributed by atoms with E-state index in [0.717, 1.165) is 65.6 Å². The van der Waals surface area contributed by atoms with Gasteiger partial charge in [0.2, 0.25) is 0 Å². The molecule has 162 valence electrons. The number of aryl methyl sites for hydroxylation is 2. The molecule has 2 aliphatic rings. The summed E-state index contributed by atoms with van der Waals surface area (Å²) in [4.78, 5) is 22.5. The van der Waals surface area contributed by atoms with Gasteiger partial charge in [-0.3, -0.25) is 9.69 Å². The summed E-state index contributed by atoms with van der Waals surface area (Å²) in [6.07, 6.45) is 0. The molecule has 0 bridgehead atoms. The van der Waals surface area contributed by atoms with Gasteiger partial charge in [-0.2, -0.15) is 5.10 Å². The van der Waals surface area contributed by atoms with E-state index in [-0.39, 0.29) is 5.91 Å². The van der Waals surface area contributed by atoms with Crippen LogP contribution in [0.3, 0.4) is 0 Å². The summed E-state index contributed by atoms with van der Waals surface area (Å²) in [5.41, 5.74) is 6.24. The third-order valence-electron chi connectivity index (χ3n) is 6.50. The zero-order valence-corrected chi connectivity index (χ0v) is 18.9. The molecular formula is C23H27ClN6O. The fourth-order valence-corrected chi connectivity index (χ4v) is 4.75. The lowest BCUT2D eigenvalue weighted by Gasteiger charge is -2.34. The van der Waals surface area contributed by atoms with E-state index in [9.17, 15) is 4.79 Å². The molecule has 4 heterocycles. The Morgan fingerprint density at radius 2 is 2.06 bits per heavy atom. The molecule has 1 aromatic carbocycles. The van der Waals surface area contributed by atoms with Crippen molar-refractivity contribution < 1.29 is 4.79 Å². The number of carbonyl (C=O) groups is 1. The minimum absolute atomic E-state index is 0.0527. The largest absolute Gasteiger partial charge is 0.328 e. The van der Waals surface area contributed by atoms with Crippen molar-refractivity contribution in [2.75, 3.05) is 19.6 Å². The predicted molar refractivity (Wildman–Crippen MR) is 120 cm³/mol. The van der Waals surface area contributed by atoms with Gasteiger partial charge in [-0.05, 0) is 32.4 Å².